The van der Waals surface area contributed by atoms with Crippen LogP contribution in [0.2, 0.25) is 0 Å². The van der Waals surface area contributed by atoms with Crippen molar-refractivity contribution < 1.29 is 23.9 Å². The fourth-order valence-corrected chi connectivity index (χ4v) is 3.47. The highest BCUT2D eigenvalue weighted by molar-refractivity contribution is 5.87. The lowest BCUT2D eigenvalue weighted by Crippen LogP contribution is -2.37. The number of nitrogens with zero attached hydrogens (tertiary/aromatic N) is 4. The molecule has 0 aliphatic carbocycles. The van der Waals surface area contributed by atoms with Gasteiger partial charge in [0.15, 0.2) is 0 Å². The van der Waals surface area contributed by atoms with Crippen molar-refractivity contribution in [3.8, 4) is 11.5 Å². The summed E-state index contributed by atoms with van der Waals surface area (Å²) in [4.78, 5) is 34.4. The third kappa shape index (κ3) is 7.06. The second-order valence-corrected chi connectivity index (χ2v) is 9.19. The van der Waals surface area contributed by atoms with Crippen LogP contribution >= 0.6 is 0 Å². The van der Waals surface area contributed by atoms with E-state index in [2.05, 4.69) is 15.3 Å². The molecule has 3 rings (SSSR count). The molecule has 0 fully saturated rings. The summed E-state index contributed by atoms with van der Waals surface area (Å²) in [5.74, 6) is 1.26. The summed E-state index contributed by atoms with van der Waals surface area (Å²) < 4.78 is 16.4. The van der Waals surface area contributed by atoms with Crippen LogP contribution < -0.4 is 19.7 Å². The summed E-state index contributed by atoms with van der Waals surface area (Å²) in [6.45, 7) is 7.13. The van der Waals surface area contributed by atoms with Crippen molar-refractivity contribution in [1.29, 1.82) is 0 Å². The van der Waals surface area contributed by atoms with Gasteiger partial charge in [0.05, 0.1) is 31.7 Å². The Labute approximate surface area is 215 Å². The highest BCUT2D eigenvalue weighted by atomic mass is 16.6. The van der Waals surface area contributed by atoms with E-state index in [-0.39, 0.29) is 29.9 Å². The largest absolute Gasteiger partial charge is 0.497 e. The maximum Gasteiger partial charge on any atom is 0.416 e. The molecular weight excluding hydrogens is 478 g/mol. The minimum atomic E-state index is -0.782. The van der Waals surface area contributed by atoms with Crippen molar-refractivity contribution in [1.82, 2.24) is 9.97 Å². The first-order valence-electron chi connectivity index (χ1n) is 11.6. The number of nitro groups is 1. The molecule has 196 valence electrons. The predicted molar refractivity (Wildman–Crippen MR) is 139 cm³/mol. The van der Waals surface area contributed by atoms with Crippen LogP contribution in [0.3, 0.4) is 0 Å². The highest BCUT2D eigenvalue weighted by Gasteiger charge is 2.28. The minimum absolute atomic E-state index is 0.00843. The Hall–Kier alpha value is -4.41. The number of anilines is 2. The Morgan fingerprint density at radius 1 is 1.16 bits per heavy atom. The van der Waals surface area contributed by atoms with Gasteiger partial charge in [0.1, 0.15) is 22.9 Å². The maximum atomic E-state index is 13.3. The topological polar surface area (TPSA) is 129 Å². The molecule has 2 aromatic heterocycles. The van der Waals surface area contributed by atoms with Crippen molar-refractivity contribution in [2.24, 2.45) is 0 Å². The molecule has 0 aliphatic heterocycles. The number of pyridine rings is 2. The van der Waals surface area contributed by atoms with Gasteiger partial charge in [0.25, 0.3) is 0 Å². The molecular formula is C26H31N5O6. The van der Waals surface area contributed by atoms with Gasteiger partial charge in [-0.25, -0.2) is 9.78 Å². The van der Waals surface area contributed by atoms with Crippen LogP contribution in [0.4, 0.5) is 22.1 Å². The number of hydrogen-bond acceptors (Lipinski definition) is 9. The zero-order chi connectivity index (χ0) is 27.2. The average molecular weight is 510 g/mol. The fraction of sp³-hybridized carbons (Fsp3) is 0.346. The molecule has 11 nitrogen and oxygen atoms in total. The molecule has 0 saturated heterocycles. The monoisotopic (exact) mass is 509 g/mol. The average Bonchev–Trinajstić information content (AvgIpc) is 2.86. The summed E-state index contributed by atoms with van der Waals surface area (Å²) >= 11 is 0. The van der Waals surface area contributed by atoms with Gasteiger partial charge in [-0.05, 0) is 57.5 Å². The number of aromatic nitrogens is 2. The number of methoxy groups -OCH3 is 2. The van der Waals surface area contributed by atoms with Gasteiger partial charge in [0.2, 0.25) is 5.82 Å². The summed E-state index contributed by atoms with van der Waals surface area (Å²) in [6.07, 6.45) is 2.64. The molecule has 1 aromatic carbocycles. The van der Waals surface area contributed by atoms with Gasteiger partial charge in [-0.1, -0.05) is 6.07 Å². The van der Waals surface area contributed by atoms with E-state index in [1.54, 1.807) is 64.5 Å². The molecule has 1 unspecified atom stereocenters. The van der Waals surface area contributed by atoms with E-state index in [0.717, 1.165) is 5.56 Å². The lowest BCUT2D eigenvalue weighted by atomic mass is 10.1. The van der Waals surface area contributed by atoms with Crippen molar-refractivity contribution in [2.75, 3.05) is 24.4 Å². The molecule has 1 atom stereocenters. The number of hydrogen-bond donors (Lipinski definition) is 1. The van der Waals surface area contributed by atoms with Gasteiger partial charge in [-0.2, -0.15) is 0 Å². The molecule has 37 heavy (non-hydrogen) atoms. The lowest BCUT2D eigenvalue weighted by molar-refractivity contribution is -0.384. The number of amides is 1. The molecule has 1 N–H and O–H groups in total. The predicted octanol–water partition coefficient (Wildman–Crippen LogP) is 5.52. The molecule has 0 saturated carbocycles. The Kier molecular flexibility index (Phi) is 8.49. The zero-order valence-electron chi connectivity index (χ0n) is 21.7. The SMILES string of the molecule is COc1ccc(CN(C(=O)OC(C)(C)C)c2ccc([N+](=O)[O-])c(NC(C)c3cccnc3)n2)c(OC)c1. The first-order chi connectivity index (χ1) is 17.5. The lowest BCUT2D eigenvalue weighted by Gasteiger charge is -2.27. The van der Waals surface area contributed by atoms with Crippen molar-refractivity contribution in [3.05, 3.63) is 76.1 Å². The third-order valence-corrected chi connectivity index (χ3v) is 5.31. The Bertz CT molecular complexity index is 1250. The number of rotatable bonds is 9. The van der Waals surface area contributed by atoms with Crippen molar-refractivity contribution >= 4 is 23.4 Å². The van der Waals surface area contributed by atoms with E-state index in [1.165, 1.54) is 24.1 Å². The van der Waals surface area contributed by atoms with Gasteiger partial charge < -0.3 is 19.5 Å². The van der Waals surface area contributed by atoms with Gasteiger partial charge in [-0.3, -0.25) is 20.0 Å². The summed E-state index contributed by atoms with van der Waals surface area (Å²) in [7, 11) is 3.06. The smallest absolute Gasteiger partial charge is 0.416 e. The van der Waals surface area contributed by atoms with Gasteiger partial charge >= 0.3 is 11.8 Å². The van der Waals surface area contributed by atoms with E-state index in [9.17, 15) is 14.9 Å². The molecule has 0 radical (unpaired) electrons. The van der Waals surface area contributed by atoms with Crippen molar-refractivity contribution in [3.63, 3.8) is 0 Å². The quantitative estimate of drug-likeness (QED) is 0.293. The molecule has 1 amide bonds. The van der Waals surface area contributed by atoms with Crippen LogP contribution in [0.15, 0.2) is 54.9 Å². The molecule has 0 aliphatic rings. The summed E-state index contributed by atoms with van der Waals surface area (Å²) in [5, 5.41) is 14.8. The zero-order valence-corrected chi connectivity index (χ0v) is 21.7. The van der Waals surface area contributed by atoms with Crippen LogP contribution in [0, 0.1) is 10.1 Å². The second-order valence-electron chi connectivity index (χ2n) is 9.19. The van der Waals surface area contributed by atoms with E-state index in [0.29, 0.717) is 17.1 Å². The number of nitrogens with one attached hydrogen (secondary N) is 1. The third-order valence-electron chi connectivity index (χ3n) is 5.31. The molecule has 0 spiro atoms. The van der Waals surface area contributed by atoms with Gasteiger partial charge in [-0.15, -0.1) is 0 Å². The van der Waals surface area contributed by atoms with Crippen LogP contribution in [0.25, 0.3) is 0 Å². The number of ether oxygens (including phenoxy) is 3. The fourth-order valence-electron chi connectivity index (χ4n) is 3.47. The van der Waals surface area contributed by atoms with Crippen LogP contribution in [0.1, 0.15) is 44.9 Å². The van der Waals surface area contributed by atoms with Crippen LogP contribution in [-0.4, -0.2) is 40.8 Å². The molecule has 2 heterocycles. The standard InChI is InChI=1S/C26H31N5O6/c1-17(18-8-7-13-27-15-18)28-24-21(31(33)34)11-12-23(29-24)30(25(32)37-26(2,3)4)16-19-9-10-20(35-5)14-22(19)36-6/h7-15,17H,16H2,1-6H3,(H,28,29). The van der Waals surface area contributed by atoms with Crippen LogP contribution in [-0.2, 0) is 11.3 Å². The Morgan fingerprint density at radius 2 is 1.92 bits per heavy atom. The van der Waals surface area contributed by atoms with E-state index < -0.39 is 16.6 Å². The Morgan fingerprint density at radius 3 is 2.51 bits per heavy atom. The second kappa shape index (κ2) is 11.5. The van der Waals surface area contributed by atoms with E-state index >= 15 is 0 Å². The number of carbonyl (C=O) groups excluding carboxylic acids is 1. The minimum Gasteiger partial charge on any atom is -0.497 e. The molecule has 11 heteroatoms. The van der Waals surface area contributed by atoms with Crippen LogP contribution in [0.5, 0.6) is 11.5 Å². The Balaban J connectivity index is 2.05. The van der Waals surface area contributed by atoms with Gasteiger partial charge in [0, 0.05) is 30.1 Å². The summed E-state index contributed by atoms with van der Waals surface area (Å²) in [6, 6.07) is 11.2. The summed E-state index contributed by atoms with van der Waals surface area (Å²) in [5.41, 5.74) is 0.463. The maximum absolute atomic E-state index is 13.3. The normalized spacial score (nSPS) is 11.8. The van der Waals surface area contributed by atoms with E-state index in [4.69, 9.17) is 14.2 Å². The number of carbonyl (C=O) groups is 1. The van der Waals surface area contributed by atoms with Crippen molar-refractivity contribution in [2.45, 2.75) is 45.9 Å². The molecule has 0 bridgehead atoms. The van der Waals surface area contributed by atoms with E-state index in [1.807, 2.05) is 13.0 Å². The molecule has 3 aromatic rings. The first-order valence-corrected chi connectivity index (χ1v) is 11.6. The highest BCUT2D eigenvalue weighted by Crippen LogP contribution is 2.32. The first kappa shape index (κ1) is 27.2. The number of benzene rings is 1.